The maximum atomic E-state index is 5.39. The van der Waals surface area contributed by atoms with Gasteiger partial charge in [-0.25, -0.2) is 9.97 Å². The Bertz CT molecular complexity index is 4730. The first-order valence-electron chi connectivity index (χ1n) is 27.7. The molecule has 0 amide bonds. The van der Waals surface area contributed by atoms with E-state index in [9.17, 15) is 0 Å². The van der Waals surface area contributed by atoms with Crippen molar-refractivity contribution >= 4 is 78.1 Å². The minimum Gasteiger partial charge on any atom is -0.319 e. The molecule has 0 N–H and O–H groups in total. The molecular weight excluding hydrogens is 1390 g/mol. The van der Waals surface area contributed by atoms with Gasteiger partial charge in [0.2, 0.25) is 0 Å². The Balaban J connectivity index is 0.000000153. The molecule has 0 atom stereocenters. The second-order valence-corrected chi connectivity index (χ2v) is 21.9. The average Bonchev–Trinajstić information content (AvgIpc) is 1.53. The number of fused-ring (bicyclic) bond motifs is 10. The summed E-state index contributed by atoms with van der Waals surface area (Å²) in [5, 5.41) is 4.64. The van der Waals surface area contributed by atoms with Crippen LogP contribution in [0.2, 0.25) is 0 Å². The predicted molar refractivity (Wildman–Crippen MR) is 333 cm³/mol. The maximum absolute atomic E-state index is 5.39. The molecule has 16 rings (SSSR count). The van der Waals surface area contributed by atoms with E-state index in [1.54, 1.807) is 0 Å². The summed E-state index contributed by atoms with van der Waals surface area (Å²) in [5.41, 5.74) is 17.5. The summed E-state index contributed by atoms with van der Waals surface area (Å²) in [6, 6.07) is 94.1. The van der Waals surface area contributed by atoms with Crippen LogP contribution in [0.25, 0.3) is 77.8 Å². The number of hydrogen-bond donors (Lipinski definition) is 0. The van der Waals surface area contributed by atoms with E-state index in [1.165, 1.54) is 38.4 Å². The van der Waals surface area contributed by atoms with Crippen LogP contribution in [0.15, 0.2) is 243 Å². The van der Waals surface area contributed by atoms with Gasteiger partial charge in [-0.15, -0.1) is 59.0 Å². The second kappa shape index (κ2) is 21.6. The first-order chi connectivity index (χ1) is 40.2. The van der Waals surface area contributed by atoms with Crippen LogP contribution in [-0.2, 0) is 53.0 Å². The Morgan fingerprint density at radius 3 is 1.48 bits per heavy atom. The summed E-state index contributed by atoms with van der Waals surface area (Å²) in [7, 11) is 0. The van der Waals surface area contributed by atoms with Crippen molar-refractivity contribution in [3.63, 3.8) is 0 Å². The van der Waals surface area contributed by atoms with Gasteiger partial charge in [0.1, 0.15) is 23.1 Å². The Kier molecular flexibility index (Phi) is 13.9. The molecular formula is C74H52N8Pt2. The first kappa shape index (κ1) is 54.2. The number of anilines is 6. The summed E-state index contributed by atoms with van der Waals surface area (Å²) >= 11 is 0. The molecule has 84 heavy (non-hydrogen) atoms. The molecule has 0 bridgehead atoms. The third-order valence-corrected chi connectivity index (χ3v) is 16.5. The van der Waals surface area contributed by atoms with E-state index < -0.39 is 0 Å². The molecule has 6 aromatic heterocycles. The summed E-state index contributed by atoms with van der Waals surface area (Å²) in [5.74, 6) is 2.53. The van der Waals surface area contributed by atoms with E-state index in [2.05, 4.69) is 245 Å². The monoisotopic (exact) mass is 1440 g/mol. The van der Waals surface area contributed by atoms with Gasteiger partial charge in [-0.2, -0.15) is 48.5 Å². The van der Waals surface area contributed by atoms with Gasteiger partial charge in [-0.1, -0.05) is 153 Å². The Morgan fingerprint density at radius 1 is 0.369 bits per heavy atom. The SMILES string of the molecule is CC1(C)c2ccc(-c3ccccn3)[c-]c2N(c2ccc3c4ccccc4n(-c4[c-]cccc4)c3n2)c2ccccc21.CC1(C)c2ccc(-c3ccccn3)[c-]c2N(c2cccc(-n3c4[c-]cccc4c4ccccc43)n2)c2ccccc21.[Pt+2].[Pt+2]. The molecule has 408 valence electrons. The Hall–Kier alpha value is -9.06. The van der Waals surface area contributed by atoms with Crippen LogP contribution in [0.4, 0.5) is 34.4 Å². The molecule has 2 aliphatic heterocycles. The zero-order valence-electron chi connectivity index (χ0n) is 46.3. The zero-order valence-corrected chi connectivity index (χ0v) is 50.8. The van der Waals surface area contributed by atoms with E-state index in [-0.39, 0.29) is 53.0 Å². The van der Waals surface area contributed by atoms with Crippen molar-refractivity contribution in [2.45, 2.75) is 38.5 Å². The van der Waals surface area contributed by atoms with Crippen LogP contribution in [-0.4, -0.2) is 29.1 Å². The fourth-order valence-corrected chi connectivity index (χ4v) is 12.5. The second-order valence-electron chi connectivity index (χ2n) is 21.9. The van der Waals surface area contributed by atoms with E-state index in [4.69, 9.17) is 9.97 Å². The van der Waals surface area contributed by atoms with Crippen molar-refractivity contribution in [3.05, 3.63) is 289 Å². The Labute approximate surface area is 517 Å². The molecule has 0 saturated heterocycles. The van der Waals surface area contributed by atoms with Gasteiger partial charge in [-0.3, -0.25) is 0 Å². The van der Waals surface area contributed by atoms with Crippen molar-refractivity contribution < 1.29 is 42.1 Å². The van der Waals surface area contributed by atoms with Crippen LogP contribution in [0.5, 0.6) is 0 Å². The number of para-hydroxylation sites is 6. The Morgan fingerprint density at radius 2 is 0.881 bits per heavy atom. The molecule has 0 radical (unpaired) electrons. The van der Waals surface area contributed by atoms with Gasteiger partial charge in [0.15, 0.2) is 0 Å². The van der Waals surface area contributed by atoms with E-state index in [1.807, 2.05) is 79.1 Å². The van der Waals surface area contributed by atoms with Crippen molar-refractivity contribution in [2.75, 3.05) is 9.80 Å². The third-order valence-electron chi connectivity index (χ3n) is 16.5. The molecule has 0 spiro atoms. The molecule has 10 heteroatoms. The predicted octanol–water partition coefficient (Wildman–Crippen LogP) is 17.9. The molecule has 0 saturated carbocycles. The number of nitrogens with zero attached hydrogens (tertiary/aromatic N) is 8. The van der Waals surface area contributed by atoms with Crippen molar-refractivity contribution in [1.29, 1.82) is 0 Å². The van der Waals surface area contributed by atoms with Gasteiger partial charge in [0, 0.05) is 40.1 Å². The molecule has 8 nitrogen and oxygen atoms in total. The molecule has 0 unspecified atom stereocenters. The van der Waals surface area contributed by atoms with Crippen LogP contribution in [0.1, 0.15) is 49.9 Å². The van der Waals surface area contributed by atoms with E-state index >= 15 is 0 Å². The topological polar surface area (TPSA) is 67.9 Å². The van der Waals surface area contributed by atoms with Crippen molar-refractivity contribution in [1.82, 2.24) is 29.1 Å². The maximum Gasteiger partial charge on any atom is 2.00 e. The number of benzene rings is 8. The quantitative estimate of drug-likeness (QED) is 0.155. The summed E-state index contributed by atoms with van der Waals surface area (Å²) in [6.07, 6.45) is 3.65. The molecule has 2 aliphatic rings. The van der Waals surface area contributed by atoms with Gasteiger partial charge < -0.3 is 28.9 Å². The number of aromatic nitrogens is 6. The number of pyridine rings is 4. The normalized spacial score (nSPS) is 13.4. The van der Waals surface area contributed by atoms with Crippen LogP contribution in [0.3, 0.4) is 0 Å². The standard InChI is InChI=1S/2C37H26N4.2Pt/c1-37(2)28-14-5-8-18-33(28)41(34-24-25(21-22-29(34)37)30-15-9-10-23-38-30)36-20-11-19-35(39-36)40-31-16-6-3-12-26(31)27-13-4-7-17-32(27)40;1-37(2)29-15-7-9-18-33(29)41(34-24-25(19-21-30(34)37)31-16-10-11-23-38-31)35-22-20-28-27-14-6-8-17-32(27)40(36(28)39-35)26-12-4-3-5-13-26;;/h3-16,18-23H,1-2H3;3-12,14-23H,1-2H3;;/q2*-2;2*+2. The van der Waals surface area contributed by atoms with E-state index in [0.29, 0.717) is 0 Å². The number of hydrogen-bond acceptors (Lipinski definition) is 6. The first-order valence-corrected chi connectivity index (χ1v) is 27.7. The molecule has 8 heterocycles. The minimum atomic E-state index is -0.209. The largest absolute Gasteiger partial charge is 2.00 e. The summed E-state index contributed by atoms with van der Waals surface area (Å²) in [6.45, 7) is 9.15. The molecule has 0 aliphatic carbocycles. The van der Waals surface area contributed by atoms with Crippen molar-refractivity contribution in [3.8, 4) is 34.0 Å². The number of rotatable bonds is 6. The third kappa shape index (κ3) is 8.81. The van der Waals surface area contributed by atoms with Crippen LogP contribution >= 0.6 is 0 Å². The van der Waals surface area contributed by atoms with Crippen LogP contribution in [0, 0.1) is 24.3 Å². The average molecular weight is 1440 g/mol. The van der Waals surface area contributed by atoms with Gasteiger partial charge in [-0.05, 0) is 111 Å². The zero-order chi connectivity index (χ0) is 55.1. The van der Waals surface area contributed by atoms with Gasteiger partial charge >= 0.3 is 42.1 Å². The van der Waals surface area contributed by atoms with Gasteiger partial charge in [0.05, 0.1) is 5.52 Å². The van der Waals surface area contributed by atoms with Crippen LogP contribution < -0.4 is 9.80 Å². The summed E-state index contributed by atoms with van der Waals surface area (Å²) < 4.78 is 4.42. The van der Waals surface area contributed by atoms with E-state index in [0.717, 1.165) is 96.0 Å². The molecule has 14 aromatic rings. The molecule has 8 aromatic carbocycles. The molecule has 0 fully saturated rings. The minimum absolute atomic E-state index is 0. The fourth-order valence-electron chi connectivity index (χ4n) is 12.5. The van der Waals surface area contributed by atoms with Gasteiger partial charge in [0.25, 0.3) is 0 Å². The smallest absolute Gasteiger partial charge is 0.319 e. The van der Waals surface area contributed by atoms with Crippen molar-refractivity contribution in [2.24, 2.45) is 0 Å². The fraction of sp³-hybridized carbons (Fsp3) is 0.0811. The summed E-state index contributed by atoms with van der Waals surface area (Å²) in [4.78, 5) is 24.5.